The van der Waals surface area contributed by atoms with Gasteiger partial charge in [0.25, 0.3) is 0 Å². The van der Waals surface area contributed by atoms with Gasteiger partial charge in [0.05, 0.1) is 0 Å². The van der Waals surface area contributed by atoms with Gasteiger partial charge in [-0.3, -0.25) is 0 Å². The van der Waals surface area contributed by atoms with E-state index in [2.05, 4.69) is 12.2 Å². The van der Waals surface area contributed by atoms with Crippen molar-refractivity contribution in [1.82, 2.24) is 0 Å². The zero-order chi connectivity index (χ0) is 6.69. The molecule has 4 heteroatoms. The number of nitrogens with two attached hydrogens (primary N) is 2. The Morgan fingerprint density at radius 2 is 1.73 bits per heavy atom. The topological polar surface area (TPSA) is 52.0 Å². The van der Waals surface area contributed by atoms with E-state index in [1.54, 1.807) is 0 Å². The summed E-state index contributed by atoms with van der Waals surface area (Å²) in [5, 5.41) is 0. The maximum atomic E-state index is 5.76. The Morgan fingerprint density at radius 1 is 1.18 bits per heavy atom. The Bertz CT molecular complexity index is 117. The van der Waals surface area contributed by atoms with Crippen molar-refractivity contribution in [3.63, 3.8) is 0 Å². The van der Waals surface area contributed by atoms with Crippen LogP contribution in [0.3, 0.4) is 0 Å². The lowest BCUT2D eigenvalue weighted by molar-refractivity contribution is 0.420. The van der Waals surface area contributed by atoms with Crippen molar-refractivity contribution >= 4 is 24.8 Å². The van der Waals surface area contributed by atoms with Gasteiger partial charge in [0.1, 0.15) is 0 Å². The Balaban J connectivity index is 0. The van der Waals surface area contributed by atoms with Crippen molar-refractivity contribution in [3.05, 3.63) is 12.2 Å². The van der Waals surface area contributed by atoms with Crippen molar-refractivity contribution in [2.75, 3.05) is 6.54 Å². The molecule has 0 spiro atoms. The van der Waals surface area contributed by atoms with E-state index in [0.717, 1.165) is 19.4 Å². The quantitative estimate of drug-likeness (QED) is 0.621. The molecule has 0 aliphatic heterocycles. The Labute approximate surface area is 80.2 Å². The second kappa shape index (κ2) is 6.92. The molecule has 0 aromatic rings. The predicted molar refractivity (Wildman–Crippen MR) is 53.4 cm³/mol. The van der Waals surface area contributed by atoms with Crippen molar-refractivity contribution in [1.29, 1.82) is 0 Å². The van der Waals surface area contributed by atoms with Gasteiger partial charge in [-0.25, -0.2) is 0 Å². The Hall–Kier alpha value is 0.240. The first-order chi connectivity index (χ1) is 4.34. The van der Waals surface area contributed by atoms with Crippen LogP contribution in [0.2, 0.25) is 0 Å². The number of rotatable bonds is 1. The molecule has 0 fully saturated rings. The molecule has 2 atom stereocenters. The van der Waals surface area contributed by atoms with Crippen LogP contribution >= 0.6 is 24.8 Å². The van der Waals surface area contributed by atoms with Crippen LogP contribution in [0.4, 0.5) is 0 Å². The van der Waals surface area contributed by atoms with E-state index in [4.69, 9.17) is 11.5 Å². The summed E-state index contributed by atoms with van der Waals surface area (Å²) in [6.45, 7) is 0.728. The van der Waals surface area contributed by atoms with E-state index in [1.807, 2.05) is 0 Å². The van der Waals surface area contributed by atoms with Gasteiger partial charge in [-0.05, 0) is 25.3 Å². The number of hydrogen-bond acceptors (Lipinski definition) is 2. The summed E-state index contributed by atoms with van der Waals surface area (Å²) in [5.41, 5.74) is 11.2. The van der Waals surface area contributed by atoms with E-state index < -0.39 is 0 Å². The van der Waals surface area contributed by atoms with Crippen molar-refractivity contribution in [2.24, 2.45) is 17.4 Å². The fraction of sp³-hybridized carbons (Fsp3) is 0.714. The molecule has 1 rings (SSSR count). The second-order valence-electron chi connectivity index (χ2n) is 2.60. The van der Waals surface area contributed by atoms with Gasteiger partial charge in [-0.15, -0.1) is 24.8 Å². The highest BCUT2D eigenvalue weighted by atomic mass is 35.5. The van der Waals surface area contributed by atoms with Crippen LogP contribution in [0.5, 0.6) is 0 Å². The average molecular weight is 199 g/mol. The third kappa shape index (κ3) is 3.97. The molecule has 0 aromatic carbocycles. The zero-order valence-electron chi connectivity index (χ0n) is 6.40. The van der Waals surface area contributed by atoms with Gasteiger partial charge in [-0.2, -0.15) is 0 Å². The lowest BCUT2D eigenvalue weighted by atomic mass is 9.90. The lowest BCUT2D eigenvalue weighted by Crippen LogP contribution is -2.35. The van der Waals surface area contributed by atoms with Gasteiger partial charge >= 0.3 is 0 Å². The third-order valence-corrected chi connectivity index (χ3v) is 1.92. The SMILES string of the molecule is Cl.Cl.NC[C@@H]1CC=CC[C@H]1N. The minimum atomic E-state index is 0. The van der Waals surface area contributed by atoms with Gasteiger partial charge in [0, 0.05) is 6.04 Å². The zero-order valence-corrected chi connectivity index (χ0v) is 8.03. The molecular weight excluding hydrogens is 183 g/mol. The standard InChI is InChI=1S/C7H14N2.2ClH/c8-5-6-3-1-2-4-7(6)9;;/h1-2,6-7H,3-5,8-9H2;2*1H/t6-,7+;;/m0../s1. The first kappa shape index (κ1) is 13.8. The summed E-state index contributed by atoms with van der Waals surface area (Å²) < 4.78 is 0. The molecule has 1 aliphatic rings. The molecule has 0 amide bonds. The molecule has 4 N–H and O–H groups in total. The summed E-state index contributed by atoms with van der Waals surface area (Å²) in [7, 11) is 0. The minimum Gasteiger partial charge on any atom is -0.330 e. The summed E-state index contributed by atoms with van der Waals surface area (Å²) in [5.74, 6) is 0.523. The van der Waals surface area contributed by atoms with Crippen LogP contribution in [0.15, 0.2) is 12.2 Å². The fourth-order valence-corrected chi connectivity index (χ4v) is 1.16. The Morgan fingerprint density at radius 3 is 2.09 bits per heavy atom. The molecule has 0 radical (unpaired) electrons. The summed E-state index contributed by atoms with van der Waals surface area (Å²) >= 11 is 0. The van der Waals surface area contributed by atoms with E-state index in [0.29, 0.717) is 12.0 Å². The van der Waals surface area contributed by atoms with Crippen LogP contribution in [0.1, 0.15) is 12.8 Å². The van der Waals surface area contributed by atoms with Gasteiger partial charge in [0.2, 0.25) is 0 Å². The number of allylic oxidation sites excluding steroid dienone is 1. The van der Waals surface area contributed by atoms with Crippen molar-refractivity contribution < 1.29 is 0 Å². The van der Waals surface area contributed by atoms with Gasteiger partial charge in [-0.1, -0.05) is 12.2 Å². The van der Waals surface area contributed by atoms with E-state index in [-0.39, 0.29) is 24.8 Å². The maximum absolute atomic E-state index is 5.76. The molecule has 68 valence electrons. The highest BCUT2D eigenvalue weighted by molar-refractivity contribution is 5.85. The smallest absolute Gasteiger partial charge is 0.0117 e. The summed E-state index contributed by atoms with van der Waals surface area (Å²) in [6.07, 6.45) is 6.37. The molecule has 1 aliphatic carbocycles. The Kier molecular flexibility index (Phi) is 8.68. The normalized spacial score (nSPS) is 28.5. The largest absolute Gasteiger partial charge is 0.330 e. The predicted octanol–water partition coefficient (Wildman–Crippen LogP) is 1.08. The lowest BCUT2D eigenvalue weighted by Gasteiger charge is -2.22. The molecule has 11 heavy (non-hydrogen) atoms. The molecular formula is C7H16Cl2N2. The second-order valence-corrected chi connectivity index (χ2v) is 2.60. The van der Waals surface area contributed by atoms with Crippen LogP contribution < -0.4 is 11.5 Å². The van der Waals surface area contributed by atoms with Crippen molar-refractivity contribution in [2.45, 2.75) is 18.9 Å². The molecule has 0 saturated heterocycles. The minimum absolute atomic E-state index is 0. The molecule has 0 aromatic heterocycles. The van der Waals surface area contributed by atoms with Crippen molar-refractivity contribution in [3.8, 4) is 0 Å². The maximum Gasteiger partial charge on any atom is 0.0117 e. The fourth-order valence-electron chi connectivity index (χ4n) is 1.16. The molecule has 2 nitrogen and oxygen atoms in total. The van der Waals surface area contributed by atoms with Crippen LogP contribution in [-0.2, 0) is 0 Å². The van der Waals surface area contributed by atoms with Crippen LogP contribution in [0, 0.1) is 5.92 Å². The van der Waals surface area contributed by atoms with Crippen LogP contribution in [0.25, 0.3) is 0 Å². The molecule has 0 unspecified atom stereocenters. The van der Waals surface area contributed by atoms with Gasteiger partial charge in [0.15, 0.2) is 0 Å². The van der Waals surface area contributed by atoms with E-state index >= 15 is 0 Å². The number of hydrogen-bond donors (Lipinski definition) is 2. The van der Waals surface area contributed by atoms with Crippen LogP contribution in [-0.4, -0.2) is 12.6 Å². The first-order valence-electron chi connectivity index (χ1n) is 3.45. The summed E-state index contributed by atoms with van der Waals surface area (Å²) in [4.78, 5) is 0. The third-order valence-electron chi connectivity index (χ3n) is 1.92. The highest BCUT2D eigenvalue weighted by Crippen LogP contribution is 2.15. The van der Waals surface area contributed by atoms with E-state index in [1.165, 1.54) is 0 Å². The first-order valence-corrected chi connectivity index (χ1v) is 3.45. The molecule has 0 heterocycles. The summed E-state index contributed by atoms with van der Waals surface area (Å²) in [6, 6.07) is 0.306. The molecule has 0 saturated carbocycles. The monoisotopic (exact) mass is 198 g/mol. The average Bonchev–Trinajstić information content (AvgIpc) is 1.89. The van der Waals surface area contributed by atoms with E-state index in [9.17, 15) is 0 Å². The van der Waals surface area contributed by atoms with Gasteiger partial charge < -0.3 is 11.5 Å². The number of halogens is 2. The highest BCUT2D eigenvalue weighted by Gasteiger charge is 2.15. The molecule has 0 bridgehead atoms.